The fraction of sp³-hybridized carbons (Fsp3) is 1.00. The second-order valence-electron chi connectivity index (χ2n) is 3.52. The van der Waals surface area contributed by atoms with E-state index in [2.05, 4.69) is 4.52 Å². The van der Waals surface area contributed by atoms with Crippen molar-refractivity contribution in [2.75, 3.05) is 13.2 Å². The Kier molecular flexibility index (Phi) is 5.76. The third kappa shape index (κ3) is 8.40. The molecular formula is C7H18NO4P. The van der Waals surface area contributed by atoms with Crippen LogP contribution in [-0.4, -0.2) is 22.9 Å². The van der Waals surface area contributed by atoms with E-state index in [0.717, 1.165) is 6.42 Å². The Morgan fingerprint density at radius 1 is 1.46 bits per heavy atom. The van der Waals surface area contributed by atoms with Gasteiger partial charge < -0.3 is 15.5 Å². The van der Waals surface area contributed by atoms with Gasteiger partial charge in [-0.2, -0.15) is 0 Å². The Morgan fingerprint density at radius 3 is 2.31 bits per heavy atom. The van der Waals surface area contributed by atoms with E-state index >= 15 is 0 Å². The van der Waals surface area contributed by atoms with E-state index in [-0.39, 0.29) is 12.5 Å². The van der Waals surface area contributed by atoms with E-state index in [1.54, 1.807) is 0 Å². The molecule has 80 valence electrons. The van der Waals surface area contributed by atoms with Crippen molar-refractivity contribution < 1.29 is 18.9 Å². The molecule has 0 radical (unpaired) electrons. The third-order valence-corrected chi connectivity index (χ3v) is 2.10. The van der Waals surface area contributed by atoms with Gasteiger partial charge in [-0.05, 0) is 24.8 Å². The molecule has 0 aliphatic carbocycles. The molecule has 0 rings (SSSR count). The standard InChI is InChI=1S/C7H18NO4P/c1-6(2)3-7(4-8)5-12-13(9,10)11/h6-7H,3-5,8H2,1-2H3,(H2,9,10,11). The van der Waals surface area contributed by atoms with E-state index < -0.39 is 7.82 Å². The summed E-state index contributed by atoms with van der Waals surface area (Å²) in [4.78, 5) is 16.9. The molecule has 0 fully saturated rings. The van der Waals surface area contributed by atoms with Crippen LogP contribution in [0.4, 0.5) is 0 Å². The minimum Gasteiger partial charge on any atom is -0.330 e. The molecule has 1 unspecified atom stereocenters. The van der Waals surface area contributed by atoms with Gasteiger partial charge >= 0.3 is 7.82 Å². The molecule has 0 spiro atoms. The first-order valence-electron chi connectivity index (χ1n) is 4.25. The van der Waals surface area contributed by atoms with Crippen LogP contribution in [-0.2, 0) is 9.09 Å². The van der Waals surface area contributed by atoms with Crippen LogP contribution >= 0.6 is 7.82 Å². The highest BCUT2D eigenvalue weighted by Gasteiger charge is 2.17. The minimum atomic E-state index is -4.33. The first-order valence-corrected chi connectivity index (χ1v) is 5.78. The van der Waals surface area contributed by atoms with Crippen molar-refractivity contribution in [1.82, 2.24) is 0 Å². The molecule has 5 nitrogen and oxygen atoms in total. The maximum absolute atomic E-state index is 10.4. The Balaban J connectivity index is 3.79. The largest absolute Gasteiger partial charge is 0.469 e. The van der Waals surface area contributed by atoms with Gasteiger partial charge in [-0.3, -0.25) is 4.52 Å². The van der Waals surface area contributed by atoms with E-state index in [1.807, 2.05) is 13.8 Å². The van der Waals surface area contributed by atoms with Crippen LogP contribution in [0.5, 0.6) is 0 Å². The van der Waals surface area contributed by atoms with E-state index in [1.165, 1.54) is 0 Å². The SMILES string of the molecule is CC(C)CC(CN)COP(=O)(O)O. The molecule has 0 aromatic heterocycles. The van der Waals surface area contributed by atoms with Crippen molar-refractivity contribution in [2.24, 2.45) is 17.6 Å². The van der Waals surface area contributed by atoms with Crippen LogP contribution in [0, 0.1) is 11.8 Å². The Morgan fingerprint density at radius 2 is 2.00 bits per heavy atom. The van der Waals surface area contributed by atoms with E-state index in [4.69, 9.17) is 15.5 Å². The maximum Gasteiger partial charge on any atom is 0.469 e. The summed E-state index contributed by atoms with van der Waals surface area (Å²) in [6.07, 6.45) is 0.816. The molecule has 0 bridgehead atoms. The average molecular weight is 211 g/mol. The summed E-state index contributed by atoms with van der Waals surface area (Å²) in [5, 5.41) is 0. The zero-order valence-corrected chi connectivity index (χ0v) is 8.91. The van der Waals surface area contributed by atoms with Crippen LogP contribution in [0.2, 0.25) is 0 Å². The zero-order valence-electron chi connectivity index (χ0n) is 8.01. The summed E-state index contributed by atoms with van der Waals surface area (Å²) >= 11 is 0. The van der Waals surface area contributed by atoms with Crippen LogP contribution in [0.15, 0.2) is 0 Å². The average Bonchev–Trinajstić information content (AvgIpc) is 1.95. The number of rotatable bonds is 6. The first kappa shape index (κ1) is 13.1. The molecule has 0 saturated heterocycles. The van der Waals surface area contributed by atoms with Gasteiger partial charge in [0.25, 0.3) is 0 Å². The summed E-state index contributed by atoms with van der Waals surface area (Å²) in [6.45, 7) is 4.47. The molecular weight excluding hydrogens is 193 g/mol. The van der Waals surface area contributed by atoms with Gasteiger partial charge in [0.2, 0.25) is 0 Å². The molecule has 0 aliphatic heterocycles. The molecule has 0 aromatic carbocycles. The van der Waals surface area contributed by atoms with Crippen LogP contribution in [0.25, 0.3) is 0 Å². The molecule has 4 N–H and O–H groups in total. The van der Waals surface area contributed by atoms with Crippen molar-refractivity contribution in [2.45, 2.75) is 20.3 Å². The zero-order chi connectivity index (χ0) is 10.5. The number of hydrogen-bond donors (Lipinski definition) is 3. The van der Waals surface area contributed by atoms with Gasteiger partial charge in [-0.1, -0.05) is 13.8 Å². The second-order valence-corrected chi connectivity index (χ2v) is 4.76. The highest BCUT2D eigenvalue weighted by atomic mass is 31.2. The lowest BCUT2D eigenvalue weighted by atomic mass is 9.98. The summed E-state index contributed by atoms with van der Waals surface area (Å²) < 4.78 is 14.7. The van der Waals surface area contributed by atoms with Crippen molar-refractivity contribution >= 4 is 7.82 Å². The second kappa shape index (κ2) is 5.73. The monoisotopic (exact) mass is 211 g/mol. The quantitative estimate of drug-likeness (QED) is 0.563. The van der Waals surface area contributed by atoms with Gasteiger partial charge in [-0.25, -0.2) is 4.57 Å². The summed E-state index contributed by atoms with van der Waals surface area (Å²) in [6, 6.07) is 0. The molecule has 0 aromatic rings. The fourth-order valence-electron chi connectivity index (χ4n) is 1.10. The molecule has 0 amide bonds. The molecule has 6 heteroatoms. The van der Waals surface area contributed by atoms with Crippen molar-refractivity contribution in [3.05, 3.63) is 0 Å². The molecule has 0 heterocycles. The molecule has 0 saturated carbocycles. The summed E-state index contributed by atoms with van der Waals surface area (Å²) in [5.74, 6) is 0.474. The Hall–Kier alpha value is 0.0700. The Labute approximate surface area is 78.5 Å². The topological polar surface area (TPSA) is 92.8 Å². The van der Waals surface area contributed by atoms with E-state index in [9.17, 15) is 4.57 Å². The number of nitrogens with two attached hydrogens (primary N) is 1. The molecule has 0 aliphatic rings. The predicted octanol–water partition coefficient (Wildman–Crippen LogP) is 0.717. The van der Waals surface area contributed by atoms with Gasteiger partial charge in [0.05, 0.1) is 6.61 Å². The lowest BCUT2D eigenvalue weighted by Gasteiger charge is -2.16. The molecule has 1 atom stereocenters. The lowest BCUT2D eigenvalue weighted by Crippen LogP contribution is -2.21. The highest BCUT2D eigenvalue weighted by molar-refractivity contribution is 7.46. The van der Waals surface area contributed by atoms with Gasteiger partial charge in [0.1, 0.15) is 0 Å². The highest BCUT2D eigenvalue weighted by Crippen LogP contribution is 2.36. The smallest absolute Gasteiger partial charge is 0.330 e. The summed E-state index contributed by atoms with van der Waals surface area (Å²) in [5.41, 5.74) is 5.42. The van der Waals surface area contributed by atoms with Crippen molar-refractivity contribution in [3.63, 3.8) is 0 Å². The number of phosphoric acid groups is 1. The van der Waals surface area contributed by atoms with Crippen LogP contribution in [0.1, 0.15) is 20.3 Å². The maximum atomic E-state index is 10.4. The summed E-state index contributed by atoms with van der Waals surface area (Å²) in [7, 11) is -4.33. The molecule has 13 heavy (non-hydrogen) atoms. The lowest BCUT2D eigenvalue weighted by molar-refractivity contribution is 0.161. The van der Waals surface area contributed by atoms with Crippen molar-refractivity contribution in [3.8, 4) is 0 Å². The predicted molar refractivity (Wildman–Crippen MR) is 50.0 cm³/mol. The number of hydrogen-bond acceptors (Lipinski definition) is 3. The van der Waals surface area contributed by atoms with Crippen LogP contribution in [0.3, 0.4) is 0 Å². The van der Waals surface area contributed by atoms with Crippen LogP contribution < -0.4 is 5.73 Å². The fourth-order valence-corrected chi connectivity index (χ4v) is 1.51. The number of phosphoric ester groups is 1. The van der Waals surface area contributed by atoms with Crippen molar-refractivity contribution in [1.29, 1.82) is 0 Å². The first-order chi connectivity index (χ1) is 5.85. The van der Waals surface area contributed by atoms with Gasteiger partial charge in [0.15, 0.2) is 0 Å². The van der Waals surface area contributed by atoms with Gasteiger partial charge in [-0.15, -0.1) is 0 Å². The van der Waals surface area contributed by atoms with Gasteiger partial charge in [0, 0.05) is 0 Å². The van der Waals surface area contributed by atoms with E-state index in [0.29, 0.717) is 12.5 Å². The Bertz CT molecular complexity index is 179. The normalized spacial score (nSPS) is 14.9. The third-order valence-electron chi connectivity index (χ3n) is 1.62. The minimum absolute atomic E-state index is 0.0209.